The monoisotopic (exact) mass is 387 g/mol. The molecule has 1 heterocycles. The average Bonchev–Trinajstić information content (AvgIpc) is 3.23. The summed E-state index contributed by atoms with van der Waals surface area (Å²) in [5.74, 6) is -0.628. The van der Waals surface area contributed by atoms with Gasteiger partial charge < -0.3 is 10.6 Å². The van der Waals surface area contributed by atoms with Crippen LogP contribution in [0.5, 0.6) is 0 Å². The quantitative estimate of drug-likeness (QED) is 0.821. The van der Waals surface area contributed by atoms with E-state index in [9.17, 15) is 18.0 Å². The lowest BCUT2D eigenvalue weighted by Gasteiger charge is -2.15. The first-order valence-corrected chi connectivity index (χ1v) is 10.1. The molecule has 0 unspecified atom stereocenters. The number of hydrogen-bond acceptors (Lipinski definition) is 4. The maximum Gasteiger partial charge on any atom is 0.255 e. The van der Waals surface area contributed by atoms with Crippen molar-refractivity contribution in [2.24, 2.45) is 0 Å². The van der Waals surface area contributed by atoms with Crippen LogP contribution in [0.3, 0.4) is 0 Å². The van der Waals surface area contributed by atoms with Crippen molar-refractivity contribution in [3.05, 3.63) is 59.7 Å². The van der Waals surface area contributed by atoms with Crippen molar-refractivity contribution in [3.63, 3.8) is 0 Å². The van der Waals surface area contributed by atoms with Gasteiger partial charge in [0.2, 0.25) is 10.0 Å². The fourth-order valence-electron chi connectivity index (χ4n) is 2.94. The van der Waals surface area contributed by atoms with Crippen molar-refractivity contribution >= 4 is 27.5 Å². The Morgan fingerprint density at radius 2 is 1.59 bits per heavy atom. The largest absolute Gasteiger partial charge is 0.355 e. The lowest BCUT2D eigenvalue weighted by atomic mass is 10.1. The number of sulfonamides is 1. The summed E-state index contributed by atoms with van der Waals surface area (Å²) in [7, 11) is -1.97. The van der Waals surface area contributed by atoms with E-state index in [0.717, 1.165) is 12.8 Å². The molecule has 0 saturated carbocycles. The molecule has 0 bridgehead atoms. The molecule has 7 nitrogen and oxygen atoms in total. The Morgan fingerprint density at radius 1 is 0.926 bits per heavy atom. The number of benzene rings is 2. The number of amides is 2. The number of nitrogens with one attached hydrogen (secondary N) is 2. The van der Waals surface area contributed by atoms with Gasteiger partial charge in [0.05, 0.1) is 4.90 Å². The first-order valence-electron chi connectivity index (χ1n) is 8.65. The topological polar surface area (TPSA) is 95.6 Å². The molecule has 2 aromatic rings. The molecule has 2 aromatic carbocycles. The summed E-state index contributed by atoms with van der Waals surface area (Å²) in [5, 5.41) is 5.24. The fraction of sp³-hybridized carbons (Fsp3) is 0.263. The highest BCUT2D eigenvalue weighted by atomic mass is 32.2. The third-order valence-electron chi connectivity index (χ3n) is 4.43. The van der Waals surface area contributed by atoms with E-state index in [1.165, 1.54) is 35.6 Å². The van der Waals surface area contributed by atoms with E-state index in [1.807, 2.05) is 0 Å². The van der Waals surface area contributed by atoms with Gasteiger partial charge >= 0.3 is 0 Å². The van der Waals surface area contributed by atoms with Crippen molar-refractivity contribution in [2.75, 3.05) is 25.5 Å². The minimum Gasteiger partial charge on any atom is -0.355 e. The van der Waals surface area contributed by atoms with Crippen LogP contribution in [0.2, 0.25) is 0 Å². The summed E-state index contributed by atoms with van der Waals surface area (Å²) < 4.78 is 26.5. The lowest BCUT2D eigenvalue weighted by Crippen LogP contribution is -2.27. The molecule has 0 aliphatic carbocycles. The van der Waals surface area contributed by atoms with Gasteiger partial charge in [-0.1, -0.05) is 6.07 Å². The van der Waals surface area contributed by atoms with Crippen LogP contribution in [0.15, 0.2) is 53.4 Å². The highest BCUT2D eigenvalue weighted by Gasteiger charge is 2.27. The Hall–Kier alpha value is -2.71. The molecule has 0 radical (unpaired) electrons. The molecular formula is C19H21N3O4S. The van der Waals surface area contributed by atoms with Crippen molar-refractivity contribution in [1.82, 2.24) is 9.62 Å². The van der Waals surface area contributed by atoms with E-state index in [4.69, 9.17) is 0 Å². The van der Waals surface area contributed by atoms with E-state index in [-0.39, 0.29) is 16.7 Å². The number of nitrogens with zero attached hydrogens (tertiary/aromatic N) is 1. The molecule has 8 heteroatoms. The molecule has 0 spiro atoms. The normalized spacial score (nSPS) is 14.7. The summed E-state index contributed by atoms with van der Waals surface area (Å²) in [5.41, 5.74) is 1.25. The molecule has 1 saturated heterocycles. The summed E-state index contributed by atoms with van der Waals surface area (Å²) in [4.78, 5) is 24.3. The highest BCUT2D eigenvalue weighted by Crippen LogP contribution is 2.21. The van der Waals surface area contributed by atoms with Crippen LogP contribution in [0.4, 0.5) is 5.69 Å². The molecule has 1 aliphatic rings. The fourth-order valence-corrected chi connectivity index (χ4v) is 4.46. The van der Waals surface area contributed by atoms with Crippen molar-refractivity contribution in [2.45, 2.75) is 17.7 Å². The maximum absolute atomic E-state index is 12.5. The standard InChI is InChI=1S/C19H21N3O4S/c1-20-18(23)15-5-4-6-16(13-15)21-19(24)14-7-9-17(10-8-14)27(25,26)22-11-2-3-12-22/h4-10,13H,2-3,11-12H2,1H3,(H,20,23)(H,21,24). The zero-order valence-electron chi connectivity index (χ0n) is 14.9. The molecule has 1 aliphatic heterocycles. The molecule has 0 aromatic heterocycles. The second-order valence-corrected chi connectivity index (χ2v) is 8.19. The van der Waals surface area contributed by atoms with E-state index in [0.29, 0.717) is 29.9 Å². The highest BCUT2D eigenvalue weighted by molar-refractivity contribution is 7.89. The van der Waals surface area contributed by atoms with Crippen LogP contribution in [-0.4, -0.2) is 44.7 Å². The van der Waals surface area contributed by atoms with E-state index in [1.54, 1.807) is 24.3 Å². The van der Waals surface area contributed by atoms with Crippen LogP contribution in [0.25, 0.3) is 0 Å². The Bertz CT molecular complexity index is 949. The van der Waals surface area contributed by atoms with Gasteiger partial charge in [-0.05, 0) is 55.3 Å². The van der Waals surface area contributed by atoms with Gasteiger partial charge in [0.1, 0.15) is 0 Å². The first-order chi connectivity index (χ1) is 12.9. The molecule has 0 atom stereocenters. The SMILES string of the molecule is CNC(=O)c1cccc(NC(=O)c2ccc(S(=O)(=O)N3CCCC3)cc2)c1. The molecular weight excluding hydrogens is 366 g/mol. The predicted octanol–water partition coefficient (Wildman–Crippen LogP) is 2.08. The molecule has 2 N–H and O–H groups in total. The predicted molar refractivity (Wildman–Crippen MR) is 102 cm³/mol. The number of rotatable bonds is 5. The van der Waals surface area contributed by atoms with Gasteiger partial charge in [0, 0.05) is 37.0 Å². The zero-order valence-corrected chi connectivity index (χ0v) is 15.8. The van der Waals surface area contributed by atoms with Crippen molar-refractivity contribution < 1.29 is 18.0 Å². The molecule has 27 heavy (non-hydrogen) atoms. The smallest absolute Gasteiger partial charge is 0.255 e. The second-order valence-electron chi connectivity index (χ2n) is 6.25. The second kappa shape index (κ2) is 7.89. The van der Waals surface area contributed by atoms with Gasteiger partial charge in [-0.15, -0.1) is 0 Å². The Kier molecular flexibility index (Phi) is 5.57. The summed E-state index contributed by atoms with van der Waals surface area (Å²) in [6.45, 7) is 1.07. The van der Waals surface area contributed by atoms with Crippen molar-refractivity contribution in [3.8, 4) is 0 Å². The first kappa shape index (κ1) is 19.1. The third-order valence-corrected chi connectivity index (χ3v) is 6.34. The van der Waals surface area contributed by atoms with E-state index >= 15 is 0 Å². The van der Waals surface area contributed by atoms with Crippen LogP contribution >= 0.6 is 0 Å². The number of carbonyl (C=O) groups excluding carboxylic acids is 2. The van der Waals surface area contributed by atoms with Crippen LogP contribution in [-0.2, 0) is 10.0 Å². The number of anilines is 1. The summed E-state index contributed by atoms with van der Waals surface area (Å²) in [6.07, 6.45) is 1.74. The Balaban J connectivity index is 1.74. The summed E-state index contributed by atoms with van der Waals surface area (Å²) in [6, 6.07) is 12.4. The number of carbonyl (C=O) groups is 2. The molecule has 2 amide bonds. The van der Waals surface area contributed by atoms with E-state index in [2.05, 4.69) is 10.6 Å². The number of hydrogen-bond donors (Lipinski definition) is 2. The molecule has 3 rings (SSSR count). The average molecular weight is 387 g/mol. The van der Waals surface area contributed by atoms with Gasteiger partial charge in [-0.25, -0.2) is 8.42 Å². The van der Waals surface area contributed by atoms with Gasteiger partial charge in [-0.2, -0.15) is 4.31 Å². The van der Waals surface area contributed by atoms with Gasteiger partial charge in [0.25, 0.3) is 11.8 Å². The molecule has 1 fully saturated rings. The molecule has 142 valence electrons. The zero-order chi connectivity index (χ0) is 19.4. The summed E-state index contributed by atoms with van der Waals surface area (Å²) >= 11 is 0. The van der Waals surface area contributed by atoms with Crippen LogP contribution in [0, 0.1) is 0 Å². The Labute approximate surface area is 158 Å². The van der Waals surface area contributed by atoms with Crippen molar-refractivity contribution in [1.29, 1.82) is 0 Å². The van der Waals surface area contributed by atoms with E-state index < -0.39 is 10.0 Å². The van der Waals surface area contributed by atoms with Crippen LogP contribution in [0.1, 0.15) is 33.6 Å². The minimum absolute atomic E-state index is 0.183. The third kappa shape index (κ3) is 4.17. The maximum atomic E-state index is 12.5. The lowest BCUT2D eigenvalue weighted by molar-refractivity contribution is 0.0961. The Morgan fingerprint density at radius 3 is 2.22 bits per heavy atom. The van der Waals surface area contributed by atoms with Gasteiger partial charge in [-0.3, -0.25) is 9.59 Å². The van der Waals surface area contributed by atoms with Crippen LogP contribution < -0.4 is 10.6 Å². The van der Waals surface area contributed by atoms with Gasteiger partial charge in [0.15, 0.2) is 0 Å². The minimum atomic E-state index is -3.50.